The number of carbonyl (C=O) groups excluding carboxylic acids is 3. The van der Waals surface area contributed by atoms with E-state index in [0.29, 0.717) is 34.0 Å². The number of allylic oxidation sites excluding steroid dienone is 2. The van der Waals surface area contributed by atoms with Crippen molar-refractivity contribution in [2.45, 2.75) is 32.8 Å². The summed E-state index contributed by atoms with van der Waals surface area (Å²) in [6, 6.07) is 26.5. The lowest BCUT2D eigenvalue weighted by molar-refractivity contribution is -0.119. The van der Waals surface area contributed by atoms with Crippen LogP contribution < -0.4 is 15.4 Å². The van der Waals surface area contributed by atoms with E-state index in [-0.39, 0.29) is 18.9 Å². The summed E-state index contributed by atoms with van der Waals surface area (Å²) in [4.78, 5) is 39.4. The van der Waals surface area contributed by atoms with Crippen LogP contribution in [0.3, 0.4) is 0 Å². The van der Waals surface area contributed by atoms with Gasteiger partial charge in [-0.05, 0) is 44.0 Å². The third-order valence-electron chi connectivity index (χ3n) is 6.60. The zero-order chi connectivity index (χ0) is 29.9. The third kappa shape index (κ3) is 6.10. The number of nitrogens with one attached hydrogen (secondary N) is 2. The van der Waals surface area contributed by atoms with E-state index >= 15 is 0 Å². The molecule has 4 aromatic rings. The molecule has 0 spiro atoms. The minimum Gasteiger partial charge on any atom is -0.497 e. The number of methoxy groups -OCH3 is 1. The molecule has 214 valence electrons. The van der Waals surface area contributed by atoms with Crippen molar-refractivity contribution in [2.24, 2.45) is 0 Å². The van der Waals surface area contributed by atoms with Gasteiger partial charge in [-0.15, -0.1) is 0 Å². The van der Waals surface area contributed by atoms with Crippen molar-refractivity contribution in [3.05, 3.63) is 102 Å². The highest BCUT2D eigenvalue weighted by Gasteiger charge is 2.33. The summed E-state index contributed by atoms with van der Waals surface area (Å²) in [7, 11) is 1.57. The Balaban J connectivity index is 1.57. The van der Waals surface area contributed by atoms with Crippen LogP contribution in [-0.2, 0) is 16.0 Å². The molecule has 0 fully saturated rings. The number of amides is 2. The van der Waals surface area contributed by atoms with Gasteiger partial charge in [0, 0.05) is 23.2 Å². The maximum Gasteiger partial charge on any atom is 0.408 e. The summed E-state index contributed by atoms with van der Waals surface area (Å²) in [6.07, 6.45) is -0.492. The van der Waals surface area contributed by atoms with Gasteiger partial charge in [0.05, 0.1) is 18.4 Å². The van der Waals surface area contributed by atoms with E-state index in [1.807, 2.05) is 60.7 Å². The first kappa shape index (κ1) is 28.4. The number of hydrogen-bond donors (Lipinski definition) is 2. The van der Waals surface area contributed by atoms with Gasteiger partial charge in [-0.3, -0.25) is 9.59 Å². The van der Waals surface area contributed by atoms with Gasteiger partial charge < -0.3 is 20.1 Å². The second-order valence-electron chi connectivity index (χ2n) is 10.8. The van der Waals surface area contributed by atoms with Crippen molar-refractivity contribution in [3.63, 3.8) is 0 Å². The Morgan fingerprint density at radius 2 is 1.50 bits per heavy atom. The molecule has 1 aliphatic heterocycles. The fourth-order valence-corrected chi connectivity index (χ4v) is 4.82. The highest BCUT2D eigenvalue weighted by atomic mass is 16.6. The lowest BCUT2D eigenvalue weighted by Gasteiger charge is -2.23. The molecule has 0 radical (unpaired) electrons. The van der Waals surface area contributed by atoms with Crippen molar-refractivity contribution in [1.82, 2.24) is 20.4 Å². The monoisotopic (exact) mass is 564 g/mol. The van der Waals surface area contributed by atoms with E-state index in [4.69, 9.17) is 14.6 Å². The molecule has 9 nitrogen and oxygen atoms in total. The van der Waals surface area contributed by atoms with Crippen molar-refractivity contribution < 1.29 is 23.9 Å². The van der Waals surface area contributed by atoms with Gasteiger partial charge in [-0.25, -0.2) is 4.79 Å². The van der Waals surface area contributed by atoms with Gasteiger partial charge in [0.25, 0.3) is 5.91 Å². The molecule has 1 aliphatic rings. The van der Waals surface area contributed by atoms with Crippen LogP contribution in [0.1, 0.15) is 36.8 Å². The van der Waals surface area contributed by atoms with Crippen LogP contribution >= 0.6 is 0 Å². The Labute approximate surface area is 244 Å². The van der Waals surface area contributed by atoms with Gasteiger partial charge >= 0.3 is 6.09 Å². The topological polar surface area (TPSA) is 112 Å². The summed E-state index contributed by atoms with van der Waals surface area (Å²) >= 11 is 0. The normalized spacial score (nSPS) is 12.9. The largest absolute Gasteiger partial charge is 0.497 e. The second-order valence-corrected chi connectivity index (χ2v) is 10.8. The zero-order valence-corrected chi connectivity index (χ0v) is 23.9. The smallest absolute Gasteiger partial charge is 0.408 e. The number of fused-ring (bicyclic) bond motifs is 1. The van der Waals surface area contributed by atoms with Gasteiger partial charge in [0.15, 0.2) is 0 Å². The van der Waals surface area contributed by atoms with Crippen molar-refractivity contribution in [3.8, 4) is 28.1 Å². The number of rotatable bonds is 7. The molecule has 1 aromatic heterocycles. The standard InChI is InChI=1S/C33H32N4O5/c1-33(2,3)42-32(40)34-20-27(38)35-25-19-26-29(21-11-7-5-8-12-21)30(23-13-9-6-10-14-23)36-37(26)31(39)28(25)22-15-17-24(41-4)18-16-22/h5-18H,19-20H2,1-4H3,(H,34,40)(H,35,38). The average Bonchev–Trinajstić information content (AvgIpc) is 3.36. The Hall–Kier alpha value is -5.18. The summed E-state index contributed by atoms with van der Waals surface area (Å²) in [5.74, 6) is -0.240. The highest BCUT2D eigenvalue weighted by Crippen LogP contribution is 2.39. The molecule has 42 heavy (non-hydrogen) atoms. The Morgan fingerprint density at radius 1 is 0.881 bits per heavy atom. The molecule has 2 N–H and O–H groups in total. The number of aromatic nitrogens is 2. The maximum atomic E-state index is 14.2. The lowest BCUT2D eigenvalue weighted by atomic mass is 9.92. The van der Waals surface area contributed by atoms with E-state index in [9.17, 15) is 14.4 Å². The zero-order valence-electron chi connectivity index (χ0n) is 23.9. The molecular weight excluding hydrogens is 532 g/mol. The average molecular weight is 565 g/mol. The van der Waals surface area contributed by atoms with Gasteiger partial charge in [-0.1, -0.05) is 72.8 Å². The molecule has 9 heteroatoms. The van der Waals surface area contributed by atoms with E-state index in [1.54, 1.807) is 52.1 Å². The van der Waals surface area contributed by atoms with Crippen LogP contribution in [0.4, 0.5) is 4.79 Å². The maximum absolute atomic E-state index is 14.2. The molecule has 0 saturated carbocycles. The Morgan fingerprint density at radius 3 is 2.10 bits per heavy atom. The van der Waals surface area contributed by atoms with Gasteiger partial charge in [-0.2, -0.15) is 9.78 Å². The molecule has 2 heterocycles. The highest BCUT2D eigenvalue weighted by molar-refractivity contribution is 6.23. The summed E-state index contributed by atoms with van der Waals surface area (Å²) in [5, 5.41) is 10.2. The molecule has 2 amide bonds. The molecule has 5 rings (SSSR count). The predicted molar refractivity (Wildman–Crippen MR) is 160 cm³/mol. The molecule has 0 unspecified atom stereocenters. The Kier molecular flexibility index (Phi) is 7.93. The van der Waals surface area contributed by atoms with E-state index < -0.39 is 17.6 Å². The predicted octanol–water partition coefficient (Wildman–Crippen LogP) is 5.47. The number of ether oxygens (including phenoxy) is 2. The minimum atomic E-state index is -0.710. The van der Waals surface area contributed by atoms with Crippen LogP contribution in [0, 0.1) is 0 Å². The van der Waals surface area contributed by atoms with Crippen LogP contribution in [0.25, 0.3) is 28.0 Å². The van der Waals surface area contributed by atoms with Crippen molar-refractivity contribution >= 4 is 23.5 Å². The molecule has 0 aliphatic carbocycles. The van der Waals surface area contributed by atoms with Crippen LogP contribution in [0.5, 0.6) is 5.75 Å². The summed E-state index contributed by atoms with van der Waals surface area (Å²) in [5.41, 5.74) is 4.49. The van der Waals surface area contributed by atoms with Crippen molar-refractivity contribution in [2.75, 3.05) is 13.7 Å². The minimum absolute atomic E-state index is 0.218. The molecule has 0 atom stereocenters. The van der Waals surface area contributed by atoms with Crippen molar-refractivity contribution in [1.29, 1.82) is 0 Å². The quantitative estimate of drug-likeness (QED) is 0.308. The number of alkyl carbamates (subject to hydrolysis) is 1. The number of nitrogens with zero attached hydrogens (tertiary/aromatic N) is 2. The van der Waals surface area contributed by atoms with Gasteiger partial charge in [0.2, 0.25) is 5.91 Å². The number of benzene rings is 3. The fraction of sp³-hybridized carbons (Fsp3) is 0.212. The third-order valence-corrected chi connectivity index (χ3v) is 6.60. The molecular formula is C33H32N4O5. The molecule has 3 aromatic carbocycles. The van der Waals surface area contributed by atoms with Gasteiger partial charge in [0.1, 0.15) is 23.6 Å². The van der Waals surface area contributed by atoms with E-state index in [2.05, 4.69) is 10.6 Å². The number of hydrogen-bond acceptors (Lipinski definition) is 6. The van der Waals surface area contributed by atoms with Crippen LogP contribution in [-0.4, -0.2) is 46.9 Å². The van der Waals surface area contributed by atoms with Crippen LogP contribution in [0.2, 0.25) is 0 Å². The summed E-state index contributed by atoms with van der Waals surface area (Å²) < 4.78 is 12.0. The van der Waals surface area contributed by atoms with E-state index in [1.165, 1.54) is 4.68 Å². The lowest BCUT2D eigenvalue weighted by Crippen LogP contribution is -2.41. The van der Waals surface area contributed by atoms with Crippen LogP contribution in [0.15, 0.2) is 90.6 Å². The Bertz CT molecular complexity index is 1650. The molecule has 0 saturated heterocycles. The summed E-state index contributed by atoms with van der Waals surface area (Å²) in [6.45, 7) is 4.89. The first-order valence-electron chi connectivity index (χ1n) is 13.6. The fourth-order valence-electron chi connectivity index (χ4n) is 4.82. The second kappa shape index (κ2) is 11.7. The number of carbonyl (C=O) groups is 3. The first-order chi connectivity index (χ1) is 20.1. The van der Waals surface area contributed by atoms with E-state index in [0.717, 1.165) is 16.7 Å². The first-order valence-corrected chi connectivity index (χ1v) is 13.6. The SMILES string of the molecule is COc1ccc(C2=C(NC(=O)CNC(=O)OC(C)(C)C)Cc3c(-c4ccccc4)c(-c4ccccc4)nn3C2=O)cc1. The molecule has 0 bridgehead atoms.